The average Bonchev–Trinajstić information content (AvgIpc) is 3.22. The zero-order valence-corrected chi connectivity index (χ0v) is 19.0. The van der Waals surface area contributed by atoms with Gasteiger partial charge in [0.05, 0.1) is 0 Å². The van der Waals surface area contributed by atoms with Gasteiger partial charge in [-0.1, -0.05) is 71.3 Å². The van der Waals surface area contributed by atoms with Crippen LogP contribution in [0.4, 0.5) is 11.9 Å². The number of anilines is 2. The van der Waals surface area contributed by atoms with Gasteiger partial charge in [0.1, 0.15) is 6.04 Å². The molecule has 6 nitrogen and oxygen atoms in total. The summed E-state index contributed by atoms with van der Waals surface area (Å²) >= 11 is 6.08. The van der Waals surface area contributed by atoms with Gasteiger partial charge >= 0.3 is 0 Å². The zero-order valence-electron chi connectivity index (χ0n) is 18.2. The topological polar surface area (TPSA) is 71.8 Å². The first-order valence-corrected chi connectivity index (χ1v) is 11.0. The van der Waals surface area contributed by atoms with Gasteiger partial charge in [0.2, 0.25) is 5.95 Å². The minimum Gasteiger partial charge on any atom is -0.324 e. The predicted molar refractivity (Wildman–Crippen MR) is 132 cm³/mol. The molecule has 1 amide bonds. The minimum absolute atomic E-state index is 0.190. The molecule has 7 heteroatoms. The summed E-state index contributed by atoms with van der Waals surface area (Å²) in [7, 11) is 0. The number of halogens is 1. The van der Waals surface area contributed by atoms with E-state index in [-0.39, 0.29) is 17.9 Å². The fourth-order valence-corrected chi connectivity index (χ4v) is 3.93. The number of rotatable bonds is 4. The van der Waals surface area contributed by atoms with Gasteiger partial charge in [0.25, 0.3) is 11.9 Å². The van der Waals surface area contributed by atoms with Crippen LogP contribution in [0.25, 0.3) is 5.70 Å². The van der Waals surface area contributed by atoms with Crippen molar-refractivity contribution in [3.8, 4) is 0 Å². The van der Waals surface area contributed by atoms with Gasteiger partial charge in [0, 0.05) is 16.3 Å². The lowest BCUT2D eigenvalue weighted by molar-refractivity contribution is 0.102. The van der Waals surface area contributed by atoms with E-state index >= 15 is 0 Å². The van der Waals surface area contributed by atoms with Gasteiger partial charge in [0.15, 0.2) is 0 Å². The summed E-state index contributed by atoms with van der Waals surface area (Å²) in [4.78, 5) is 17.3. The molecule has 1 unspecified atom stereocenters. The Kier molecular flexibility index (Phi) is 5.44. The maximum absolute atomic E-state index is 12.7. The second kappa shape index (κ2) is 8.56. The van der Waals surface area contributed by atoms with Gasteiger partial charge in [-0.15, -0.1) is 5.10 Å². The van der Waals surface area contributed by atoms with Crippen molar-refractivity contribution in [2.24, 2.45) is 0 Å². The number of amides is 1. The van der Waals surface area contributed by atoms with E-state index in [1.54, 1.807) is 10.7 Å². The Balaban J connectivity index is 1.51. The van der Waals surface area contributed by atoms with Crippen LogP contribution in [0.15, 0.2) is 78.9 Å². The molecule has 0 saturated carbocycles. The fourth-order valence-electron chi connectivity index (χ4n) is 3.80. The first-order valence-electron chi connectivity index (χ1n) is 10.6. The number of carbonyl (C=O) groups is 1. The molecule has 4 aromatic rings. The quantitative estimate of drug-likeness (QED) is 0.404. The highest BCUT2D eigenvalue weighted by Gasteiger charge is 2.26. The van der Waals surface area contributed by atoms with E-state index in [2.05, 4.69) is 58.0 Å². The van der Waals surface area contributed by atoms with Crippen LogP contribution in [0.5, 0.6) is 0 Å². The molecule has 1 aliphatic rings. The highest BCUT2D eigenvalue weighted by Crippen LogP contribution is 2.33. The largest absolute Gasteiger partial charge is 0.324 e. The molecular formula is C26H22ClN5O. The number of nitrogens with zero attached hydrogens (tertiary/aromatic N) is 3. The van der Waals surface area contributed by atoms with Crippen molar-refractivity contribution >= 4 is 35.1 Å². The molecule has 0 saturated heterocycles. The Morgan fingerprint density at radius 3 is 2.48 bits per heavy atom. The van der Waals surface area contributed by atoms with Crippen molar-refractivity contribution < 1.29 is 4.79 Å². The van der Waals surface area contributed by atoms with Crippen LogP contribution in [-0.2, 0) is 0 Å². The monoisotopic (exact) mass is 455 g/mol. The van der Waals surface area contributed by atoms with Crippen LogP contribution in [-0.4, -0.2) is 20.7 Å². The van der Waals surface area contributed by atoms with E-state index in [1.807, 2.05) is 49.4 Å². The lowest BCUT2D eigenvalue weighted by atomic mass is 10.0. The molecule has 33 heavy (non-hydrogen) atoms. The molecule has 0 spiro atoms. The van der Waals surface area contributed by atoms with E-state index in [4.69, 9.17) is 11.6 Å². The van der Waals surface area contributed by atoms with Crippen LogP contribution in [0.2, 0.25) is 5.02 Å². The summed E-state index contributed by atoms with van der Waals surface area (Å²) in [5, 5.41) is 11.4. The van der Waals surface area contributed by atoms with Crippen molar-refractivity contribution in [3.05, 3.63) is 112 Å². The van der Waals surface area contributed by atoms with Gasteiger partial charge in [-0.2, -0.15) is 4.98 Å². The molecule has 0 aliphatic carbocycles. The van der Waals surface area contributed by atoms with E-state index < -0.39 is 0 Å². The SMILES string of the molecule is Cc1ccc(C2C=C(c3ccc(Cl)cc3)Nc3nc(NC(=O)c4cccc(C)c4)nn32)cc1. The highest BCUT2D eigenvalue weighted by atomic mass is 35.5. The normalized spacial score (nSPS) is 14.8. The Labute approximate surface area is 196 Å². The molecule has 5 rings (SSSR count). The first-order chi connectivity index (χ1) is 16.0. The second-order valence-corrected chi connectivity index (χ2v) is 8.53. The standard InChI is InChI=1S/C26H22ClN5O/c1-16-6-8-19(9-7-16)23-15-22(18-10-12-21(27)13-11-18)28-26-30-25(31-32(23)26)29-24(33)20-5-3-4-17(2)14-20/h3-15,23H,1-2H3,(H2,28,29,30,31,33). The van der Waals surface area contributed by atoms with Gasteiger partial charge < -0.3 is 5.32 Å². The van der Waals surface area contributed by atoms with Gasteiger partial charge in [-0.25, -0.2) is 4.68 Å². The third-order valence-corrected chi connectivity index (χ3v) is 5.80. The number of nitrogens with one attached hydrogen (secondary N) is 2. The van der Waals surface area contributed by atoms with Crippen LogP contribution in [0, 0.1) is 13.8 Å². The Morgan fingerprint density at radius 1 is 1.00 bits per heavy atom. The zero-order chi connectivity index (χ0) is 22.9. The fraction of sp³-hybridized carbons (Fsp3) is 0.115. The summed E-state index contributed by atoms with van der Waals surface area (Å²) in [6, 6.07) is 23.1. The number of aryl methyl sites for hydroxylation is 2. The number of allylic oxidation sites excluding steroid dienone is 1. The van der Waals surface area contributed by atoms with Crippen molar-refractivity contribution in [2.45, 2.75) is 19.9 Å². The van der Waals surface area contributed by atoms with E-state index in [9.17, 15) is 4.79 Å². The summed E-state index contributed by atoms with van der Waals surface area (Å²) < 4.78 is 1.79. The van der Waals surface area contributed by atoms with Crippen LogP contribution < -0.4 is 10.6 Å². The van der Waals surface area contributed by atoms with E-state index in [1.165, 1.54) is 5.56 Å². The molecule has 1 aromatic heterocycles. The Bertz CT molecular complexity index is 1360. The lowest BCUT2D eigenvalue weighted by Crippen LogP contribution is -2.20. The lowest BCUT2D eigenvalue weighted by Gasteiger charge is -2.24. The highest BCUT2D eigenvalue weighted by molar-refractivity contribution is 6.30. The number of hydrogen-bond acceptors (Lipinski definition) is 4. The van der Waals surface area contributed by atoms with Crippen LogP contribution in [0.3, 0.4) is 0 Å². The number of benzene rings is 3. The summed E-state index contributed by atoms with van der Waals surface area (Å²) in [5.74, 6) is 0.541. The third-order valence-electron chi connectivity index (χ3n) is 5.55. The molecule has 0 fully saturated rings. The van der Waals surface area contributed by atoms with Gasteiger partial charge in [-0.05, 0) is 55.3 Å². The average molecular weight is 456 g/mol. The van der Waals surface area contributed by atoms with Crippen molar-refractivity contribution in [2.75, 3.05) is 10.6 Å². The maximum Gasteiger partial charge on any atom is 0.258 e. The number of fused-ring (bicyclic) bond motifs is 1. The van der Waals surface area contributed by atoms with Crippen molar-refractivity contribution in [3.63, 3.8) is 0 Å². The Morgan fingerprint density at radius 2 is 1.76 bits per heavy atom. The summed E-state index contributed by atoms with van der Waals surface area (Å²) in [6.07, 6.45) is 2.10. The summed E-state index contributed by atoms with van der Waals surface area (Å²) in [5.41, 5.74) is 5.70. The number of hydrogen-bond donors (Lipinski definition) is 2. The van der Waals surface area contributed by atoms with Crippen LogP contribution >= 0.6 is 11.6 Å². The minimum atomic E-state index is -0.251. The van der Waals surface area contributed by atoms with E-state index in [0.717, 1.165) is 22.4 Å². The van der Waals surface area contributed by atoms with Crippen molar-refractivity contribution in [1.82, 2.24) is 14.8 Å². The number of carbonyl (C=O) groups excluding carboxylic acids is 1. The molecule has 1 atom stereocenters. The smallest absolute Gasteiger partial charge is 0.258 e. The molecule has 164 valence electrons. The first kappa shape index (κ1) is 21.0. The molecule has 2 N–H and O–H groups in total. The predicted octanol–water partition coefficient (Wildman–Crippen LogP) is 5.86. The molecule has 3 aromatic carbocycles. The molecule has 1 aliphatic heterocycles. The molecular weight excluding hydrogens is 434 g/mol. The van der Waals surface area contributed by atoms with Crippen molar-refractivity contribution in [1.29, 1.82) is 0 Å². The Hall–Kier alpha value is -3.90. The third kappa shape index (κ3) is 4.38. The maximum atomic E-state index is 12.7. The van der Waals surface area contributed by atoms with Gasteiger partial charge in [-0.3, -0.25) is 10.1 Å². The van der Waals surface area contributed by atoms with E-state index in [0.29, 0.717) is 16.5 Å². The van der Waals surface area contributed by atoms with Crippen LogP contribution in [0.1, 0.15) is 38.7 Å². The molecule has 2 heterocycles. The second-order valence-electron chi connectivity index (χ2n) is 8.09. The molecule has 0 bridgehead atoms. The number of aromatic nitrogens is 3. The molecule has 0 radical (unpaired) electrons. The summed E-state index contributed by atoms with van der Waals surface area (Å²) in [6.45, 7) is 4.01.